The lowest BCUT2D eigenvalue weighted by Crippen LogP contribution is -2.29. The highest BCUT2D eigenvalue weighted by atomic mass is 35.5. The van der Waals surface area contributed by atoms with Crippen LogP contribution < -0.4 is 14.8 Å². The Balaban J connectivity index is 1.58. The van der Waals surface area contributed by atoms with Crippen molar-refractivity contribution in [3.05, 3.63) is 104 Å². The van der Waals surface area contributed by atoms with Gasteiger partial charge in [-0.2, -0.15) is 10.1 Å². The second-order valence-corrected chi connectivity index (χ2v) is 9.79. The zero-order valence-corrected chi connectivity index (χ0v) is 23.2. The van der Waals surface area contributed by atoms with E-state index in [0.717, 1.165) is 16.7 Å². The van der Waals surface area contributed by atoms with Crippen molar-refractivity contribution >= 4 is 52.4 Å². The van der Waals surface area contributed by atoms with Gasteiger partial charge in [0.05, 0.1) is 25.0 Å². The van der Waals surface area contributed by atoms with Gasteiger partial charge >= 0.3 is 5.97 Å². The van der Waals surface area contributed by atoms with E-state index >= 15 is 0 Å². The number of hydrogen-bond donors (Lipinski definition) is 1. The van der Waals surface area contributed by atoms with E-state index in [4.69, 9.17) is 49.0 Å². The molecule has 0 saturated heterocycles. The van der Waals surface area contributed by atoms with Crippen LogP contribution in [0.2, 0.25) is 15.1 Å². The van der Waals surface area contributed by atoms with E-state index in [2.05, 4.69) is 15.4 Å². The van der Waals surface area contributed by atoms with Gasteiger partial charge in [0.1, 0.15) is 19.0 Å². The van der Waals surface area contributed by atoms with Gasteiger partial charge < -0.3 is 19.5 Å². The minimum atomic E-state index is -0.666. The number of fused-ring (bicyclic) bond motifs is 1. The van der Waals surface area contributed by atoms with Crippen molar-refractivity contribution in [1.29, 1.82) is 0 Å². The van der Waals surface area contributed by atoms with Gasteiger partial charge in [0.25, 0.3) is 0 Å². The maximum absolute atomic E-state index is 13.2. The fourth-order valence-electron chi connectivity index (χ4n) is 4.32. The van der Waals surface area contributed by atoms with Crippen molar-refractivity contribution in [2.75, 3.05) is 19.0 Å². The fraction of sp³-hybridized carbons (Fsp3) is 0.179. The zero-order chi connectivity index (χ0) is 27.5. The summed E-state index contributed by atoms with van der Waals surface area (Å²) < 4.78 is 18.9. The maximum atomic E-state index is 13.2. The number of nitrogens with zero attached hydrogens (tertiary/aromatic N) is 3. The van der Waals surface area contributed by atoms with Crippen LogP contribution in [0.1, 0.15) is 29.7 Å². The van der Waals surface area contributed by atoms with Gasteiger partial charge in [-0.05, 0) is 54.4 Å². The van der Waals surface area contributed by atoms with Crippen molar-refractivity contribution in [2.45, 2.75) is 19.6 Å². The molecule has 11 heteroatoms. The Bertz CT molecular complexity index is 1550. The molecule has 0 unspecified atom stereocenters. The largest absolute Gasteiger partial charge is 0.490 e. The van der Waals surface area contributed by atoms with Gasteiger partial charge in [-0.3, -0.25) is 0 Å². The lowest BCUT2D eigenvalue weighted by atomic mass is 9.92. The van der Waals surface area contributed by atoms with Crippen LogP contribution in [0, 0.1) is 0 Å². The summed E-state index contributed by atoms with van der Waals surface area (Å²) in [6, 6.07) is 17.2. The van der Waals surface area contributed by atoms with Gasteiger partial charge in [0.15, 0.2) is 11.5 Å². The Labute approximate surface area is 240 Å². The molecule has 0 bridgehead atoms. The molecule has 3 aromatic carbocycles. The smallest absolute Gasteiger partial charge is 0.338 e. The Morgan fingerprint density at radius 1 is 0.974 bits per heavy atom. The van der Waals surface area contributed by atoms with Crippen LogP contribution in [0.3, 0.4) is 0 Å². The fourth-order valence-corrected chi connectivity index (χ4v) is 4.91. The molecule has 200 valence electrons. The molecule has 1 aromatic heterocycles. The highest BCUT2D eigenvalue weighted by Gasteiger charge is 2.36. The van der Waals surface area contributed by atoms with Crippen molar-refractivity contribution < 1.29 is 19.0 Å². The molecule has 8 nitrogen and oxygen atoms in total. The van der Waals surface area contributed by atoms with Crippen LogP contribution >= 0.6 is 34.8 Å². The molecular formula is C28H23Cl3N4O4. The molecule has 1 atom stereocenters. The Hall–Kier alpha value is -3.72. The SMILES string of the molecule is CCOc1cc([C@H]2C(C(=O)OC)=C(c3ccc(Cl)cc3)Nc3ncnn32)ccc1OCc1ccc(Cl)cc1Cl. The van der Waals surface area contributed by atoms with Crippen molar-refractivity contribution in [2.24, 2.45) is 0 Å². The monoisotopic (exact) mass is 584 g/mol. The van der Waals surface area contributed by atoms with Crippen LogP contribution in [-0.2, 0) is 16.1 Å². The number of carbonyl (C=O) groups excluding carboxylic acids is 1. The molecule has 4 aromatic rings. The molecule has 0 saturated carbocycles. The number of benzene rings is 3. The van der Waals surface area contributed by atoms with Crippen LogP contribution in [-0.4, -0.2) is 34.5 Å². The Morgan fingerprint density at radius 2 is 1.74 bits per heavy atom. The van der Waals surface area contributed by atoms with E-state index in [1.807, 2.05) is 37.3 Å². The van der Waals surface area contributed by atoms with Gasteiger partial charge in [-0.15, -0.1) is 0 Å². The predicted octanol–water partition coefficient (Wildman–Crippen LogP) is 6.82. The van der Waals surface area contributed by atoms with Gasteiger partial charge in [-0.1, -0.05) is 59.1 Å². The molecule has 39 heavy (non-hydrogen) atoms. The summed E-state index contributed by atoms with van der Waals surface area (Å²) in [5.74, 6) is 0.959. The third-order valence-corrected chi connectivity index (χ3v) is 6.96. The number of hydrogen-bond acceptors (Lipinski definition) is 7. The lowest BCUT2D eigenvalue weighted by molar-refractivity contribution is -0.136. The molecule has 0 spiro atoms. The van der Waals surface area contributed by atoms with E-state index < -0.39 is 12.0 Å². The zero-order valence-electron chi connectivity index (χ0n) is 21.0. The Kier molecular flexibility index (Phi) is 7.97. The third kappa shape index (κ3) is 5.54. The number of rotatable bonds is 8. The first-order chi connectivity index (χ1) is 18.9. The van der Waals surface area contributed by atoms with Crippen LogP contribution in [0.5, 0.6) is 11.5 Å². The topological polar surface area (TPSA) is 87.5 Å². The number of nitrogens with one attached hydrogen (secondary N) is 1. The van der Waals surface area contributed by atoms with Crippen molar-refractivity contribution in [3.63, 3.8) is 0 Å². The summed E-state index contributed by atoms with van der Waals surface area (Å²) in [5.41, 5.74) is 3.13. The minimum absolute atomic E-state index is 0.212. The average Bonchev–Trinajstić information content (AvgIpc) is 3.41. The second kappa shape index (κ2) is 11.6. The number of carbonyl (C=O) groups is 1. The first kappa shape index (κ1) is 26.9. The molecule has 1 aliphatic rings. The first-order valence-corrected chi connectivity index (χ1v) is 13.1. The van der Waals surface area contributed by atoms with Gasteiger partial charge in [0, 0.05) is 20.6 Å². The molecule has 0 radical (unpaired) electrons. The number of ether oxygens (including phenoxy) is 3. The number of esters is 1. The van der Waals surface area contributed by atoms with E-state index in [0.29, 0.717) is 50.4 Å². The predicted molar refractivity (Wildman–Crippen MR) is 151 cm³/mol. The molecule has 1 N–H and O–H groups in total. The quantitative estimate of drug-likeness (QED) is 0.227. The number of anilines is 1. The lowest BCUT2D eigenvalue weighted by Gasteiger charge is -2.29. The molecule has 0 amide bonds. The molecule has 0 fully saturated rings. The van der Waals surface area contributed by atoms with E-state index in [-0.39, 0.29) is 6.61 Å². The normalized spacial score (nSPS) is 14.4. The Morgan fingerprint density at radius 3 is 2.46 bits per heavy atom. The number of methoxy groups -OCH3 is 1. The maximum Gasteiger partial charge on any atom is 0.338 e. The van der Waals surface area contributed by atoms with E-state index in [1.165, 1.54) is 13.4 Å². The highest BCUT2D eigenvalue weighted by molar-refractivity contribution is 6.35. The molecule has 5 rings (SSSR count). The first-order valence-electron chi connectivity index (χ1n) is 12.0. The summed E-state index contributed by atoms with van der Waals surface area (Å²) in [4.78, 5) is 17.6. The number of aromatic nitrogens is 3. The van der Waals surface area contributed by atoms with Gasteiger partial charge in [0.2, 0.25) is 5.95 Å². The molecular weight excluding hydrogens is 563 g/mol. The second-order valence-electron chi connectivity index (χ2n) is 8.51. The molecule has 2 heterocycles. The summed E-state index contributed by atoms with van der Waals surface area (Å²) in [7, 11) is 1.34. The number of halogens is 3. The third-order valence-electron chi connectivity index (χ3n) is 6.12. The molecule has 0 aliphatic carbocycles. The summed E-state index contributed by atoms with van der Waals surface area (Å²) in [6.45, 7) is 2.49. The summed E-state index contributed by atoms with van der Waals surface area (Å²) in [6.07, 6.45) is 1.42. The van der Waals surface area contributed by atoms with Crippen molar-refractivity contribution in [1.82, 2.24) is 14.8 Å². The van der Waals surface area contributed by atoms with E-state index in [1.54, 1.807) is 35.0 Å². The van der Waals surface area contributed by atoms with Crippen LogP contribution in [0.25, 0.3) is 5.70 Å². The summed E-state index contributed by atoms with van der Waals surface area (Å²) in [5, 5.41) is 9.25. The highest BCUT2D eigenvalue weighted by Crippen LogP contribution is 2.41. The average molecular weight is 586 g/mol. The van der Waals surface area contributed by atoms with E-state index in [9.17, 15) is 4.79 Å². The van der Waals surface area contributed by atoms with Crippen molar-refractivity contribution in [3.8, 4) is 11.5 Å². The standard InChI is InChI=1S/C28H23Cl3N4O4/c1-3-38-23-12-17(7-11-22(23)39-14-18-6-10-20(30)13-21(18)31)26-24(27(36)37-2)25(16-4-8-19(29)9-5-16)34-28-32-15-33-35(26)28/h4-13,15,26H,3,14H2,1-2H3,(H,32,33,34)/t26-/m0/s1. The van der Waals surface area contributed by atoms with Crippen LogP contribution in [0.15, 0.2) is 72.6 Å². The summed E-state index contributed by atoms with van der Waals surface area (Å²) >= 11 is 18.4. The minimum Gasteiger partial charge on any atom is -0.490 e. The van der Waals surface area contributed by atoms with Gasteiger partial charge in [-0.25, -0.2) is 9.48 Å². The molecule has 1 aliphatic heterocycles. The van der Waals surface area contributed by atoms with Crippen LogP contribution in [0.4, 0.5) is 5.95 Å².